The molecule has 0 saturated heterocycles. The van der Waals surface area contributed by atoms with Crippen LogP contribution in [0.1, 0.15) is 5.56 Å². The van der Waals surface area contributed by atoms with Crippen LogP contribution in [-0.4, -0.2) is 24.1 Å². The molecule has 6 heteroatoms. The molecule has 0 atom stereocenters. The van der Waals surface area contributed by atoms with Crippen LogP contribution in [0.25, 0.3) is 10.9 Å². The van der Waals surface area contributed by atoms with Gasteiger partial charge >= 0.3 is 0 Å². The van der Waals surface area contributed by atoms with E-state index in [2.05, 4.69) is 10.6 Å². The van der Waals surface area contributed by atoms with E-state index in [0.29, 0.717) is 11.6 Å². The fourth-order valence-corrected chi connectivity index (χ4v) is 2.32. The lowest BCUT2D eigenvalue weighted by atomic mass is 10.2. The summed E-state index contributed by atoms with van der Waals surface area (Å²) in [6, 6.07) is 7.51. The first-order valence-corrected chi connectivity index (χ1v) is 6.59. The van der Waals surface area contributed by atoms with Crippen LogP contribution < -0.4 is 10.6 Å². The SMILES string of the molecule is CNCc1cn(CC(=O)NCC#N)c2cc(Cl)ccc12. The number of nitrogens with one attached hydrogen (secondary N) is 2. The van der Waals surface area contributed by atoms with Gasteiger partial charge in [0.15, 0.2) is 0 Å². The smallest absolute Gasteiger partial charge is 0.240 e. The van der Waals surface area contributed by atoms with Crippen LogP contribution in [0.3, 0.4) is 0 Å². The van der Waals surface area contributed by atoms with Gasteiger partial charge in [-0.1, -0.05) is 17.7 Å². The summed E-state index contributed by atoms with van der Waals surface area (Å²) in [5.41, 5.74) is 2.02. The lowest BCUT2D eigenvalue weighted by molar-refractivity contribution is -0.121. The number of amides is 1. The van der Waals surface area contributed by atoms with Crippen molar-refractivity contribution in [1.82, 2.24) is 15.2 Å². The van der Waals surface area contributed by atoms with Crippen LogP contribution in [0.5, 0.6) is 0 Å². The number of fused-ring (bicyclic) bond motifs is 1. The fourth-order valence-electron chi connectivity index (χ4n) is 2.15. The number of carbonyl (C=O) groups is 1. The van der Waals surface area contributed by atoms with Gasteiger partial charge in [0, 0.05) is 23.2 Å². The van der Waals surface area contributed by atoms with Gasteiger partial charge in [-0.05, 0) is 24.7 Å². The second-order valence-electron chi connectivity index (χ2n) is 4.41. The molecule has 5 nitrogen and oxygen atoms in total. The maximum absolute atomic E-state index is 11.7. The third-order valence-corrected chi connectivity index (χ3v) is 3.21. The molecule has 1 aromatic heterocycles. The van der Waals surface area contributed by atoms with Crippen molar-refractivity contribution in [3.05, 3.63) is 35.0 Å². The standard InChI is InChI=1S/C14H15ClN4O/c1-17-7-10-8-19(9-14(20)18-5-4-16)13-6-11(15)2-3-12(10)13/h2-3,6,8,17H,5,7,9H2,1H3,(H,18,20). The lowest BCUT2D eigenvalue weighted by Gasteiger charge is -2.05. The van der Waals surface area contributed by atoms with Gasteiger partial charge in [-0.25, -0.2) is 0 Å². The Morgan fingerprint density at radius 3 is 3.00 bits per heavy atom. The Morgan fingerprint density at radius 2 is 2.30 bits per heavy atom. The minimum atomic E-state index is -0.195. The zero-order valence-corrected chi connectivity index (χ0v) is 11.9. The minimum Gasteiger partial charge on any atom is -0.341 e. The highest BCUT2D eigenvalue weighted by atomic mass is 35.5. The predicted octanol–water partition coefficient (Wildman–Crippen LogP) is 1.65. The topological polar surface area (TPSA) is 69.8 Å². The molecule has 104 valence electrons. The van der Waals surface area contributed by atoms with Gasteiger partial charge in [-0.15, -0.1) is 0 Å². The Bertz CT molecular complexity index is 672. The van der Waals surface area contributed by atoms with Gasteiger partial charge < -0.3 is 15.2 Å². The molecule has 0 aliphatic heterocycles. The summed E-state index contributed by atoms with van der Waals surface area (Å²) in [6.07, 6.45) is 1.93. The van der Waals surface area contributed by atoms with E-state index in [1.54, 1.807) is 0 Å². The van der Waals surface area contributed by atoms with Crippen molar-refractivity contribution in [2.45, 2.75) is 13.1 Å². The molecular weight excluding hydrogens is 276 g/mol. The molecule has 20 heavy (non-hydrogen) atoms. The van der Waals surface area contributed by atoms with Crippen molar-refractivity contribution in [3.63, 3.8) is 0 Å². The molecule has 1 aromatic carbocycles. The number of hydrogen-bond acceptors (Lipinski definition) is 3. The fraction of sp³-hybridized carbons (Fsp3) is 0.286. The summed E-state index contributed by atoms with van der Waals surface area (Å²) in [5.74, 6) is -0.195. The van der Waals surface area contributed by atoms with E-state index < -0.39 is 0 Å². The first-order valence-electron chi connectivity index (χ1n) is 6.21. The summed E-state index contributed by atoms with van der Waals surface area (Å²) in [6.45, 7) is 0.898. The third-order valence-electron chi connectivity index (χ3n) is 2.97. The lowest BCUT2D eigenvalue weighted by Crippen LogP contribution is -2.27. The minimum absolute atomic E-state index is 0.0160. The molecule has 0 unspecified atom stereocenters. The van der Waals surface area contributed by atoms with E-state index >= 15 is 0 Å². The highest BCUT2D eigenvalue weighted by molar-refractivity contribution is 6.31. The monoisotopic (exact) mass is 290 g/mol. The Balaban J connectivity index is 2.34. The molecule has 0 radical (unpaired) electrons. The number of hydrogen-bond donors (Lipinski definition) is 2. The van der Waals surface area contributed by atoms with Gasteiger partial charge in [0.05, 0.1) is 11.6 Å². The van der Waals surface area contributed by atoms with Gasteiger partial charge in [0.25, 0.3) is 0 Å². The molecule has 0 saturated carbocycles. The normalized spacial score (nSPS) is 10.4. The van der Waals surface area contributed by atoms with Crippen molar-refractivity contribution in [1.29, 1.82) is 5.26 Å². The van der Waals surface area contributed by atoms with Crippen molar-refractivity contribution in [3.8, 4) is 6.07 Å². The number of carbonyl (C=O) groups excluding carboxylic acids is 1. The summed E-state index contributed by atoms with van der Waals surface area (Å²) in [4.78, 5) is 11.7. The highest BCUT2D eigenvalue weighted by Gasteiger charge is 2.11. The van der Waals surface area contributed by atoms with Gasteiger partial charge in [-0.3, -0.25) is 4.79 Å². The van der Waals surface area contributed by atoms with E-state index in [9.17, 15) is 4.79 Å². The van der Waals surface area contributed by atoms with E-state index in [-0.39, 0.29) is 19.0 Å². The molecule has 0 spiro atoms. The molecular formula is C14H15ClN4O. The first kappa shape index (κ1) is 14.4. The predicted molar refractivity (Wildman–Crippen MR) is 78.3 cm³/mol. The zero-order valence-electron chi connectivity index (χ0n) is 11.1. The van der Waals surface area contributed by atoms with E-state index in [0.717, 1.165) is 16.5 Å². The molecule has 2 rings (SSSR count). The summed E-state index contributed by atoms with van der Waals surface area (Å²) < 4.78 is 1.85. The van der Waals surface area contributed by atoms with Crippen LogP contribution in [0.15, 0.2) is 24.4 Å². The molecule has 0 fully saturated rings. The van der Waals surface area contributed by atoms with Crippen LogP contribution in [0, 0.1) is 11.3 Å². The summed E-state index contributed by atoms with van der Waals surface area (Å²) in [7, 11) is 1.87. The average Bonchev–Trinajstić information content (AvgIpc) is 2.74. The second kappa shape index (κ2) is 6.42. The van der Waals surface area contributed by atoms with Gasteiger partial charge in [0.1, 0.15) is 13.1 Å². The molecule has 0 aliphatic rings. The number of halogens is 1. The number of aromatic nitrogens is 1. The first-order chi connectivity index (χ1) is 9.65. The highest BCUT2D eigenvalue weighted by Crippen LogP contribution is 2.24. The maximum atomic E-state index is 11.7. The molecule has 2 N–H and O–H groups in total. The number of rotatable bonds is 5. The van der Waals surface area contributed by atoms with Crippen LogP contribution in [0.4, 0.5) is 0 Å². The Labute approximate surface area is 122 Å². The van der Waals surface area contributed by atoms with Crippen LogP contribution >= 0.6 is 11.6 Å². The second-order valence-corrected chi connectivity index (χ2v) is 4.85. The van der Waals surface area contributed by atoms with Gasteiger partial charge in [-0.2, -0.15) is 5.26 Å². The number of nitriles is 1. The maximum Gasteiger partial charge on any atom is 0.240 e. The van der Waals surface area contributed by atoms with Crippen molar-refractivity contribution < 1.29 is 4.79 Å². The zero-order chi connectivity index (χ0) is 14.5. The van der Waals surface area contributed by atoms with Crippen LogP contribution in [-0.2, 0) is 17.9 Å². The van der Waals surface area contributed by atoms with E-state index in [1.807, 2.05) is 42.1 Å². The molecule has 2 aromatic rings. The summed E-state index contributed by atoms with van der Waals surface area (Å²) >= 11 is 6.02. The molecule has 0 bridgehead atoms. The summed E-state index contributed by atoms with van der Waals surface area (Å²) in [5, 5.41) is 15.8. The van der Waals surface area contributed by atoms with Crippen molar-refractivity contribution in [2.24, 2.45) is 0 Å². The largest absolute Gasteiger partial charge is 0.341 e. The van der Waals surface area contributed by atoms with E-state index in [1.165, 1.54) is 0 Å². The molecule has 1 amide bonds. The molecule has 1 heterocycles. The Morgan fingerprint density at radius 1 is 1.50 bits per heavy atom. The van der Waals surface area contributed by atoms with E-state index in [4.69, 9.17) is 16.9 Å². The number of nitrogens with zero attached hydrogens (tertiary/aromatic N) is 2. The number of benzene rings is 1. The Hall–Kier alpha value is -2.03. The van der Waals surface area contributed by atoms with Crippen molar-refractivity contribution in [2.75, 3.05) is 13.6 Å². The van der Waals surface area contributed by atoms with Gasteiger partial charge in [0.2, 0.25) is 5.91 Å². The third kappa shape index (κ3) is 3.10. The van der Waals surface area contributed by atoms with Crippen molar-refractivity contribution >= 4 is 28.4 Å². The molecule has 0 aliphatic carbocycles. The quantitative estimate of drug-likeness (QED) is 0.823. The average molecular weight is 291 g/mol. The Kier molecular flexibility index (Phi) is 4.61. The van der Waals surface area contributed by atoms with Crippen LogP contribution in [0.2, 0.25) is 5.02 Å².